The molecule has 0 spiro atoms. The Labute approximate surface area is 185 Å². The standard InChI is InChI=1S/C25H23N3O4/c1-4-31-19-13-11-18(12-14-19)27-25-20(24(29)28-22-10-5-7-16(2)26-22)15-17-8-6-9-21(30-3)23(17)32-25/h5-15H,4H2,1-3H3,(H,26,28,29). The molecule has 0 aliphatic carbocycles. The Hall–Kier alpha value is -4.13. The van der Waals surface area contributed by atoms with Gasteiger partial charge in [-0.3, -0.25) is 4.79 Å². The molecular weight excluding hydrogens is 406 g/mol. The molecule has 4 aromatic rings. The van der Waals surface area contributed by atoms with E-state index in [1.807, 2.05) is 50.2 Å². The van der Waals surface area contributed by atoms with E-state index >= 15 is 0 Å². The number of hydrogen-bond acceptors (Lipinski definition) is 6. The summed E-state index contributed by atoms with van der Waals surface area (Å²) in [6.45, 7) is 4.36. The highest BCUT2D eigenvalue weighted by atomic mass is 16.5. The van der Waals surface area contributed by atoms with Crippen molar-refractivity contribution in [3.63, 3.8) is 0 Å². The number of hydrogen-bond donors (Lipinski definition) is 1. The zero-order chi connectivity index (χ0) is 22.5. The summed E-state index contributed by atoms with van der Waals surface area (Å²) in [4.78, 5) is 22.1. The van der Waals surface area contributed by atoms with E-state index in [1.54, 1.807) is 37.4 Å². The molecule has 7 nitrogen and oxygen atoms in total. The second kappa shape index (κ2) is 9.34. The smallest absolute Gasteiger partial charge is 0.262 e. The van der Waals surface area contributed by atoms with Crippen molar-refractivity contribution in [2.24, 2.45) is 4.99 Å². The first kappa shape index (κ1) is 21.1. The van der Waals surface area contributed by atoms with Gasteiger partial charge in [0.1, 0.15) is 17.1 Å². The maximum absolute atomic E-state index is 13.2. The average Bonchev–Trinajstić information content (AvgIpc) is 2.79. The zero-order valence-corrected chi connectivity index (χ0v) is 18.1. The highest BCUT2D eigenvalue weighted by molar-refractivity contribution is 6.05. The lowest BCUT2D eigenvalue weighted by molar-refractivity contribution is 0.102. The van der Waals surface area contributed by atoms with Crippen LogP contribution in [-0.4, -0.2) is 24.6 Å². The highest BCUT2D eigenvalue weighted by Gasteiger charge is 2.15. The van der Waals surface area contributed by atoms with Crippen molar-refractivity contribution >= 4 is 28.4 Å². The third-order valence-electron chi connectivity index (χ3n) is 4.71. The van der Waals surface area contributed by atoms with Gasteiger partial charge in [0.05, 0.1) is 19.4 Å². The molecule has 162 valence electrons. The Bertz CT molecular complexity index is 1330. The number of carbonyl (C=O) groups is 1. The molecule has 0 fully saturated rings. The number of methoxy groups -OCH3 is 1. The van der Waals surface area contributed by atoms with Crippen molar-refractivity contribution in [3.05, 3.63) is 83.5 Å². The van der Waals surface area contributed by atoms with Crippen molar-refractivity contribution in [3.8, 4) is 11.5 Å². The van der Waals surface area contributed by atoms with Crippen LogP contribution in [0.15, 0.2) is 76.1 Å². The third kappa shape index (κ3) is 4.62. The number of anilines is 1. The van der Waals surface area contributed by atoms with E-state index in [0.717, 1.165) is 16.8 Å². The number of para-hydroxylation sites is 1. The quantitative estimate of drug-likeness (QED) is 0.465. The molecule has 4 rings (SSSR count). The zero-order valence-electron chi connectivity index (χ0n) is 18.1. The first-order valence-corrected chi connectivity index (χ1v) is 10.2. The van der Waals surface area contributed by atoms with Crippen LogP contribution >= 0.6 is 0 Å². The molecular formula is C25H23N3O4. The number of ether oxygens (including phenoxy) is 2. The molecule has 0 unspecified atom stereocenters. The van der Waals surface area contributed by atoms with Gasteiger partial charge in [0.15, 0.2) is 11.3 Å². The summed E-state index contributed by atoms with van der Waals surface area (Å²) in [5.41, 5.74) is 2.37. The number of aromatic nitrogens is 1. The summed E-state index contributed by atoms with van der Waals surface area (Å²) in [6.07, 6.45) is 0. The van der Waals surface area contributed by atoms with Crippen LogP contribution in [0, 0.1) is 6.92 Å². The van der Waals surface area contributed by atoms with Gasteiger partial charge in [-0.05, 0) is 62.4 Å². The molecule has 0 saturated heterocycles. The predicted octanol–water partition coefficient (Wildman–Crippen LogP) is 5.03. The number of nitrogens with one attached hydrogen (secondary N) is 1. The molecule has 7 heteroatoms. The maximum Gasteiger partial charge on any atom is 0.262 e. The SMILES string of the molecule is CCOc1ccc(N=c2oc3c(OC)cccc3cc2C(=O)Nc2cccc(C)n2)cc1. The molecule has 2 heterocycles. The van der Waals surface area contributed by atoms with Gasteiger partial charge < -0.3 is 19.2 Å². The average molecular weight is 429 g/mol. The summed E-state index contributed by atoms with van der Waals surface area (Å²) >= 11 is 0. The number of aryl methyl sites for hydroxylation is 1. The molecule has 0 radical (unpaired) electrons. The van der Waals surface area contributed by atoms with Crippen LogP contribution in [0.5, 0.6) is 11.5 Å². The first-order chi connectivity index (χ1) is 15.6. The van der Waals surface area contributed by atoms with Gasteiger partial charge in [0.2, 0.25) is 5.55 Å². The number of rotatable bonds is 6. The van der Waals surface area contributed by atoms with E-state index in [4.69, 9.17) is 13.9 Å². The van der Waals surface area contributed by atoms with E-state index < -0.39 is 0 Å². The van der Waals surface area contributed by atoms with E-state index in [0.29, 0.717) is 29.4 Å². The van der Waals surface area contributed by atoms with Crippen LogP contribution in [0.4, 0.5) is 11.5 Å². The topological polar surface area (TPSA) is 86.0 Å². The first-order valence-electron chi connectivity index (χ1n) is 10.2. The largest absolute Gasteiger partial charge is 0.494 e. The second-order valence-electron chi connectivity index (χ2n) is 7.00. The van der Waals surface area contributed by atoms with E-state index in [9.17, 15) is 4.79 Å². The lowest BCUT2D eigenvalue weighted by Crippen LogP contribution is -2.22. The fraction of sp³-hybridized carbons (Fsp3) is 0.160. The lowest BCUT2D eigenvalue weighted by Gasteiger charge is -2.09. The molecule has 1 amide bonds. The Balaban J connectivity index is 1.83. The summed E-state index contributed by atoms with van der Waals surface area (Å²) in [7, 11) is 1.57. The molecule has 0 aliphatic heterocycles. The van der Waals surface area contributed by atoms with Crippen molar-refractivity contribution in [1.82, 2.24) is 4.98 Å². The molecule has 0 aliphatic rings. The predicted molar refractivity (Wildman–Crippen MR) is 123 cm³/mol. The third-order valence-corrected chi connectivity index (χ3v) is 4.71. The minimum atomic E-state index is -0.374. The normalized spacial score (nSPS) is 11.4. The van der Waals surface area contributed by atoms with Gasteiger partial charge in [-0.25, -0.2) is 9.98 Å². The molecule has 0 saturated carbocycles. The molecule has 32 heavy (non-hydrogen) atoms. The van der Waals surface area contributed by atoms with Crippen LogP contribution in [-0.2, 0) is 0 Å². The van der Waals surface area contributed by atoms with Crippen LogP contribution in [0.3, 0.4) is 0 Å². The number of pyridine rings is 1. The minimum Gasteiger partial charge on any atom is -0.494 e. The van der Waals surface area contributed by atoms with Crippen molar-refractivity contribution in [2.45, 2.75) is 13.8 Å². The van der Waals surface area contributed by atoms with Gasteiger partial charge in [-0.15, -0.1) is 0 Å². The molecule has 2 aromatic heterocycles. The summed E-state index contributed by atoms with van der Waals surface area (Å²) in [5.74, 6) is 1.37. The molecule has 0 bridgehead atoms. The Morgan fingerprint density at radius 2 is 1.88 bits per heavy atom. The van der Waals surface area contributed by atoms with Gasteiger partial charge in [0.25, 0.3) is 5.91 Å². The number of benzene rings is 2. The van der Waals surface area contributed by atoms with Crippen LogP contribution in [0.25, 0.3) is 11.0 Å². The number of fused-ring (bicyclic) bond motifs is 1. The fourth-order valence-electron chi connectivity index (χ4n) is 3.23. The number of nitrogens with zero attached hydrogens (tertiary/aromatic N) is 2. The van der Waals surface area contributed by atoms with Gasteiger partial charge in [-0.2, -0.15) is 0 Å². The lowest BCUT2D eigenvalue weighted by atomic mass is 10.1. The number of amides is 1. The summed E-state index contributed by atoms with van der Waals surface area (Å²) < 4.78 is 17.0. The molecule has 1 N–H and O–H groups in total. The summed E-state index contributed by atoms with van der Waals surface area (Å²) in [6, 6.07) is 19.9. The Morgan fingerprint density at radius 1 is 1.09 bits per heavy atom. The van der Waals surface area contributed by atoms with Crippen LogP contribution in [0.2, 0.25) is 0 Å². The van der Waals surface area contributed by atoms with Crippen molar-refractivity contribution < 1.29 is 18.7 Å². The monoisotopic (exact) mass is 429 g/mol. The minimum absolute atomic E-state index is 0.163. The second-order valence-corrected chi connectivity index (χ2v) is 7.00. The Kier molecular flexibility index (Phi) is 6.17. The van der Waals surface area contributed by atoms with Crippen molar-refractivity contribution in [1.29, 1.82) is 0 Å². The van der Waals surface area contributed by atoms with Gasteiger partial charge in [0, 0.05) is 11.1 Å². The highest BCUT2D eigenvalue weighted by Crippen LogP contribution is 2.25. The Morgan fingerprint density at radius 3 is 2.59 bits per heavy atom. The van der Waals surface area contributed by atoms with Gasteiger partial charge in [-0.1, -0.05) is 18.2 Å². The van der Waals surface area contributed by atoms with Crippen LogP contribution in [0.1, 0.15) is 23.0 Å². The van der Waals surface area contributed by atoms with Gasteiger partial charge >= 0.3 is 0 Å². The fourth-order valence-corrected chi connectivity index (χ4v) is 3.23. The molecule has 2 aromatic carbocycles. The van der Waals surface area contributed by atoms with E-state index in [1.165, 1.54) is 0 Å². The summed E-state index contributed by atoms with van der Waals surface area (Å²) in [5, 5.41) is 3.54. The van der Waals surface area contributed by atoms with E-state index in [-0.39, 0.29) is 17.0 Å². The number of carbonyl (C=O) groups excluding carboxylic acids is 1. The van der Waals surface area contributed by atoms with Crippen molar-refractivity contribution in [2.75, 3.05) is 19.0 Å². The maximum atomic E-state index is 13.2. The molecule has 0 atom stereocenters. The van der Waals surface area contributed by atoms with Crippen LogP contribution < -0.4 is 20.3 Å². The van der Waals surface area contributed by atoms with E-state index in [2.05, 4.69) is 15.3 Å².